The molecule has 0 heterocycles. The maximum Gasteiger partial charge on any atom is 0.145 e. The van der Waals surface area contributed by atoms with E-state index in [0.717, 1.165) is 44.0 Å². The highest BCUT2D eigenvalue weighted by Gasteiger charge is 2.17. The summed E-state index contributed by atoms with van der Waals surface area (Å²) in [5, 5.41) is 10.4. The first kappa shape index (κ1) is 18.6. The van der Waals surface area contributed by atoms with E-state index < -0.39 is 6.10 Å². The highest BCUT2D eigenvalue weighted by atomic mass is 16.3. The molecular weight excluding hydrogens is 272 g/mol. The minimum absolute atomic E-state index is 0.0195. The second-order valence-corrected chi connectivity index (χ2v) is 6.50. The third kappa shape index (κ3) is 6.57. The Hall–Kier alpha value is -1.41. The Kier molecular flexibility index (Phi) is 8.11. The second kappa shape index (κ2) is 9.58. The quantitative estimate of drug-likeness (QED) is 0.447. The molecule has 1 aliphatic carbocycles. The summed E-state index contributed by atoms with van der Waals surface area (Å²) >= 11 is 0. The van der Waals surface area contributed by atoms with Gasteiger partial charge < -0.3 is 5.11 Å². The molecule has 1 rings (SSSR count). The first-order valence-electron chi connectivity index (χ1n) is 8.24. The predicted molar refractivity (Wildman–Crippen MR) is 93.7 cm³/mol. The van der Waals surface area contributed by atoms with Crippen LogP contribution in [0.5, 0.6) is 0 Å². The number of allylic oxidation sites excluding steroid dienone is 6. The summed E-state index contributed by atoms with van der Waals surface area (Å²) < 4.78 is 0. The zero-order valence-electron chi connectivity index (χ0n) is 14.3. The fourth-order valence-electron chi connectivity index (χ4n) is 2.71. The third-order valence-corrected chi connectivity index (χ3v) is 4.50. The van der Waals surface area contributed by atoms with E-state index >= 15 is 0 Å². The van der Waals surface area contributed by atoms with Crippen LogP contribution in [0.15, 0.2) is 47.1 Å². The lowest BCUT2D eigenvalue weighted by Gasteiger charge is -2.20. The number of aliphatic hydroxyl groups excluding tert-OH is 1. The maximum atomic E-state index is 11.1. The van der Waals surface area contributed by atoms with E-state index in [9.17, 15) is 9.90 Å². The molecule has 2 nitrogen and oxygen atoms in total. The Balaban J connectivity index is 2.94. The summed E-state index contributed by atoms with van der Waals surface area (Å²) in [6, 6.07) is 0. The minimum atomic E-state index is -0.498. The van der Waals surface area contributed by atoms with Crippen LogP contribution in [0, 0.1) is 5.92 Å². The molecule has 1 N–H and O–H groups in total. The molecule has 0 aromatic rings. The van der Waals surface area contributed by atoms with Gasteiger partial charge in [0.1, 0.15) is 6.29 Å². The first-order valence-corrected chi connectivity index (χ1v) is 8.24. The van der Waals surface area contributed by atoms with Crippen molar-refractivity contribution >= 4 is 6.29 Å². The van der Waals surface area contributed by atoms with Crippen molar-refractivity contribution in [3.05, 3.63) is 47.1 Å². The van der Waals surface area contributed by atoms with Gasteiger partial charge in [-0.25, -0.2) is 0 Å². The molecule has 0 aliphatic heterocycles. The number of aliphatic hydroxyl groups is 1. The fourth-order valence-corrected chi connectivity index (χ4v) is 2.71. The van der Waals surface area contributed by atoms with Crippen molar-refractivity contribution in [1.82, 2.24) is 0 Å². The Morgan fingerprint density at radius 3 is 2.36 bits per heavy atom. The molecule has 2 atom stereocenters. The maximum absolute atomic E-state index is 11.1. The summed E-state index contributed by atoms with van der Waals surface area (Å²) in [6.45, 7) is 10.1. The van der Waals surface area contributed by atoms with E-state index in [1.807, 2.05) is 6.92 Å². The highest BCUT2D eigenvalue weighted by Crippen LogP contribution is 2.24. The highest BCUT2D eigenvalue weighted by molar-refractivity contribution is 5.72. The molecule has 0 amide bonds. The molecule has 0 radical (unpaired) electrons. The Labute approximate surface area is 135 Å². The van der Waals surface area contributed by atoms with Crippen molar-refractivity contribution < 1.29 is 9.90 Å². The van der Waals surface area contributed by atoms with E-state index in [1.165, 1.54) is 11.1 Å². The Morgan fingerprint density at radius 2 is 1.73 bits per heavy atom. The average Bonchev–Trinajstić information content (AvgIpc) is 2.49. The Bertz CT molecular complexity index is 480. The molecule has 2 heteroatoms. The van der Waals surface area contributed by atoms with Gasteiger partial charge in [0.05, 0.1) is 6.10 Å². The van der Waals surface area contributed by atoms with Crippen LogP contribution in [0.25, 0.3) is 0 Å². The zero-order valence-corrected chi connectivity index (χ0v) is 14.3. The van der Waals surface area contributed by atoms with Gasteiger partial charge in [-0.05, 0) is 76.4 Å². The lowest BCUT2D eigenvalue weighted by Crippen LogP contribution is -2.16. The zero-order chi connectivity index (χ0) is 16.5. The normalized spacial score (nSPS) is 32.5. The van der Waals surface area contributed by atoms with Gasteiger partial charge in [0.25, 0.3) is 0 Å². The minimum Gasteiger partial charge on any atom is -0.389 e. The van der Waals surface area contributed by atoms with Crippen LogP contribution in [-0.2, 0) is 4.79 Å². The van der Waals surface area contributed by atoms with Crippen molar-refractivity contribution in [3.8, 4) is 0 Å². The molecule has 0 saturated carbocycles. The molecule has 0 bridgehead atoms. The van der Waals surface area contributed by atoms with Gasteiger partial charge in [0.15, 0.2) is 0 Å². The molecule has 1 unspecified atom stereocenters. The molecular formula is C20H30O2. The van der Waals surface area contributed by atoms with Crippen LogP contribution in [0.3, 0.4) is 0 Å². The Morgan fingerprint density at radius 1 is 1.14 bits per heavy atom. The molecule has 122 valence electrons. The van der Waals surface area contributed by atoms with Crippen molar-refractivity contribution in [2.24, 2.45) is 5.92 Å². The van der Waals surface area contributed by atoms with Crippen LogP contribution < -0.4 is 0 Å². The van der Waals surface area contributed by atoms with Gasteiger partial charge >= 0.3 is 0 Å². The van der Waals surface area contributed by atoms with Crippen LogP contribution in [-0.4, -0.2) is 17.5 Å². The molecule has 0 spiro atoms. The van der Waals surface area contributed by atoms with Gasteiger partial charge in [0.2, 0.25) is 0 Å². The van der Waals surface area contributed by atoms with E-state index in [-0.39, 0.29) is 5.92 Å². The molecule has 0 aromatic carbocycles. The molecule has 1 aliphatic rings. The fraction of sp³-hybridized carbons (Fsp3) is 0.550. The van der Waals surface area contributed by atoms with Crippen LogP contribution in [0.2, 0.25) is 0 Å². The van der Waals surface area contributed by atoms with E-state index in [1.54, 1.807) is 0 Å². The van der Waals surface area contributed by atoms with Gasteiger partial charge in [-0.2, -0.15) is 0 Å². The van der Waals surface area contributed by atoms with Gasteiger partial charge in [-0.3, -0.25) is 4.79 Å². The SMILES string of the molecule is C=C(C=O)[C@H]1C/C=C(\C)CC/C=C(\C)CC/C=C(\C)C(O)C1. The smallest absolute Gasteiger partial charge is 0.145 e. The third-order valence-electron chi connectivity index (χ3n) is 4.50. The van der Waals surface area contributed by atoms with Crippen molar-refractivity contribution in [3.63, 3.8) is 0 Å². The van der Waals surface area contributed by atoms with Crippen LogP contribution >= 0.6 is 0 Å². The van der Waals surface area contributed by atoms with Crippen molar-refractivity contribution in [1.29, 1.82) is 0 Å². The monoisotopic (exact) mass is 302 g/mol. The van der Waals surface area contributed by atoms with E-state index in [2.05, 4.69) is 38.7 Å². The van der Waals surface area contributed by atoms with E-state index in [0.29, 0.717) is 12.0 Å². The van der Waals surface area contributed by atoms with Crippen molar-refractivity contribution in [2.45, 2.75) is 65.4 Å². The summed E-state index contributed by atoms with van der Waals surface area (Å²) in [7, 11) is 0. The topological polar surface area (TPSA) is 37.3 Å². The number of hydrogen-bond donors (Lipinski definition) is 1. The molecule has 22 heavy (non-hydrogen) atoms. The first-order chi connectivity index (χ1) is 10.4. The van der Waals surface area contributed by atoms with Gasteiger partial charge in [-0.15, -0.1) is 0 Å². The molecule has 0 aromatic heterocycles. The second-order valence-electron chi connectivity index (χ2n) is 6.50. The molecule has 0 saturated heterocycles. The summed E-state index contributed by atoms with van der Waals surface area (Å²) in [4.78, 5) is 11.1. The number of rotatable bonds is 2. The van der Waals surface area contributed by atoms with Crippen LogP contribution in [0.1, 0.15) is 59.3 Å². The van der Waals surface area contributed by atoms with Gasteiger partial charge in [-0.1, -0.05) is 36.0 Å². The van der Waals surface area contributed by atoms with Crippen molar-refractivity contribution in [2.75, 3.05) is 0 Å². The lowest BCUT2D eigenvalue weighted by atomic mass is 9.88. The average molecular weight is 302 g/mol. The number of hydrogen-bond acceptors (Lipinski definition) is 2. The predicted octanol–water partition coefficient (Wildman–Crippen LogP) is 4.91. The number of carbonyl (C=O) groups excluding carboxylic acids is 1. The summed E-state index contributed by atoms with van der Waals surface area (Å²) in [6.07, 6.45) is 12.4. The largest absolute Gasteiger partial charge is 0.389 e. The van der Waals surface area contributed by atoms with Crippen LogP contribution in [0.4, 0.5) is 0 Å². The summed E-state index contributed by atoms with van der Waals surface area (Å²) in [5.74, 6) is 0.0195. The number of carbonyl (C=O) groups is 1. The molecule has 0 fully saturated rings. The van der Waals surface area contributed by atoms with E-state index in [4.69, 9.17) is 0 Å². The van der Waals surface area contributed by atoms with Gasteiger partial charge in [0, 0.05) is 0 Å². The summed E-state index contributed by atoms with van der Waals surface area (Å²) in [5.41, 5.74) is 4.33. The lowest BCUT2D eigenvalue weighted by molar-refractivity contribution is -0.105. The number of aldehydes is 1. The standard InChI is InChI=1S/C20H30O2/c1-15-7-5-8-16(2)11-12-19(18(4)14-21)13-20(22)17(3)10-6-9-15/h7,10-11,14,19-20,22H,4-6,8-9,12-13H2,1-3H3/b15-7+,16-11+,17-10+/t19-,20?/m0/s1.